The van der Waals surface area contributed by atoms with E-state index in [0.717, 1.165) is 5.56 Å². The molecule has 1 atom stereocenters. The van der Waals surface area contributed by atoms with E-state index in [1.165, 1.54) is 19.1 Å². The minimum absolute atomic E-state index is 0.0126. The summed E-state index contributed by atoms with van der Waals surface area (Å²) < 4.78 is 16.7. The molecule has 0 aromatic heterocycles. The van der Waals surface area contributed by atoms with Crippen molar-refractivity contribution in [3.63, 3.8) is 0 Å². The second kappa shape index (κ2) is 11.2. The van der Waals surface area contributed by atoms with Gasteiger partial charge in [-0.3, -0.25) is 9.59 Å². The van der Waals surface area contributed by atoms with Crippen molar-refractivity contribution in [3.8, 4) is 11.5 Å². The van der Waals surface area contributed by atoms with E-state index in [0.29, 0.717) is 35.7 Å². The summed E-state index contributed by atoms with van der Waals surface area (Å²) >= 11 is 0. The molecule has 1 unspecified atom stereocenters. The first-order chi connectivity index (χ1) is 17.0. The Morgan fingerprint density at radius 3 is 2.31 bits per heavy atom. The summed E-state index contributed by atoms with van der Waals surface area (Å²) in [6.07, 6.45) is 0.604. The highest BCUT2D eigenvalue weighted by atomic mass is 16.5. The highest BCUT2D eigenvalue weighted by Crippen LogP contribution is 2.44. The van der Waals surface area contributed by atoms with Crippen molar-refractivity contribution in [2.75, 3.05) is 27.4 Å². The van der Waals surface area contributed by atoms with Crippen molar-refractivity contribution in [1.82, 2.24) is 4.90 Å². The van der Waals surface area contributed by atoms with E-state index in [-0.39, 0.29) is 29.4 Å². The van der Waals surface area contributed by atoms with E-state index < -0.39 is 17.7 Å². The summed E-state index contributed by atoms with van der Waals surface area (Å²) in [5.74, 6) is -0.738. The maximum absolute atomic E-state index is 13.4. The molecule has 0 bridgehead atoms. The zero-order chi connectivity index (χ0) is 26.6. The topological polar surface area (TPSA) is 85.3 Å². The van der Waals surface area contributed by atoms with Crippen molar-refractivity contribution in [2.45, 2.75) is 58.6 Å². The molecule has 36 heavy (non-hydrogen) atoms. The predicted molar refractivity (Wildman–Crippen MR) is 139 cm³/mol. The number of para-hydroxylation sites is 1. The Bertz CT molecular complexity index is 1140. The molecule has 1 amide bonds. The average Bonchev–Trinajstić information content (AvgIpc) is 3.09. The van der Waals surface area contributed by atoms with Crippen LogP contribution in [0, 0.1) is 0 Å². The van der Waals surface area contributed by atoms with Gasteiger partial charge in [0, 0.05) is 18.7 Å². The first-order valence-electron chi connectivity index (χ1n) is 12.2. The number of hydrogen-bond acceptors (Lipinski definition) is 6. The van der Waals surface area contributed by atoms with E-state index in [4.69, 9.17) is 14.2 Å². The zero-order valence-electron chi connectivity index (χ0n) is 22.3. The Balaban J connectivity index is 2.20. The van der Waals surface area contributed by atoms with Crippen LogP contribution >= 0.6 is 0 Å². The smallest absolute Gasteiger partial charge is 0.295 e. The number of ether oxygens (including phenoxy) is 3. The number of methoxy groups -OCH3 is 2. The summed E-state index contributed by atoms with van der Waals surface area (Å²) in [7, 11) is 3.05. The second-order valence-electron chi connectivity index (χ2n) is 10.2. The van der Waals surface area contributed by atoms with Gasteiger partial charge in [0.2, 0.25) is 0 Å². The number of hydrogen-bond donors (Lipinski definition) is 1. The van der Waals surface area contributed by atoms with E-state index in [1.54, 1.807) is 12.1 Å². The van der Waals surface area contributed by atoms with Crippen LogP contribution in [-0.2, 0) is 19.7 Å². The molecular formula is C29H37NO6. The Labute approximate surface area is 213 Å². The van der Waals surface area contributed by atoms with Crippen molar-refractivity contribution >= 4 is 17.4 Å². The molecule has 2 aromatic rings. The van der Waals surface area contributed by atoms with Crippen molar-refractivity contribution in [2.24, 2.45) is 0 Å². The van der Waals surface area contributed by atoms with Crippen LogP contribution in [0.5, 0.6) is 11.5 Å². The molecule has 3 rings (SSSR count). The molecule has 7 nitrogen and oxygen atoms in total. The number of amides is 1. The molecular weight excluding hydrogens is 458 g/mol. The maximum atomic E-state index is 13.4. The highest BCUT2D eigenvalue weighted by molar-refractivity contribution is 6.46. The molecule has 1 N–H and O–H groups in total. The Hall–Kier alpha value is -3.32. The second-order valence-corrected chi connectivity index (χ2v) is 10.2. The van der Waals surface area contributed by atoms with E-state index in [9.17, 15) is 14.7 Å². The lowest BCUT2D eigenvalue weighted by Crippen LogP contribution is -2.31. The van der Waals surface area contributed by atoms with Crippen LogP contribution in [0.3, 0.4) is 0 Å². The fourth-order valence-corrected chi connectivity index (χ4v) is 4.38. The van der Waals surface area contributed by atoms with E-state index in [2.05, 4.69) is 20.8 Å². The van der Waals surface area contributed by atoms with Gasteiger partial charge < -0.3 is 24.2 Å². The monoisotopic (exact) mass is 495 g/mol. The molecule has 1 saturated heterocycles. The molecule has 2 aromatic carbocycles. The van der Waals surface area contributed by atoms with Crippen LogP contribution < -0.4 is 9.47 Å². The minimum atomic E-state index is -0.816. The van der Waals surface area contributed by atoms with Gasteiger partial charge in [-0.1, -0.05) is 45.0 Å². The fourth-order valence-electron chi connectivity index (χ4n) is 4.38. The summed E-state index contributed by atoms with van der Waals surface area (Å²) in [5, 5.41) is 11.6. The van der Waals surface area contributed by atoms with Gasteiger partial charge in [-0.15, -0.1) is 0 Å². The summed E-state index contributed by atoms with van der Waals surface area (Å²) in [6, 6.07) is 11.9. The lowest BCUT2D eigenvalue weighted by Gasteiger charge is -2.27. The Morgan fingerprint density at radius 1 is 1.03 bits per heavy atom. The van der Waals surface area contributed by atoms with E-state index >= 15 is 0 Å². The Kier molecular flexibility index (Phi) is 8.46. The number of benzene rings is 2. The third-order valence-corrected chi connectivity index (χ3v) is 6.29. The van der Waals surface area contributed by atoms with Crippen LogP contribution in [0.25, 0.3) is 5.76 Å². The Morgan fingerprint density at radius 2 is 1.69 bits per heavy atom. The van der Waals surface area contributed by atoms with Gasteiger partial charge in [-0.25, -0.2) is 0 Å². The molecule has 0 aliphatic carbocycles. The quantitative estimate of drug-likeness (QED) is 0.222. The van der Waals surface area contributed by atoms with Crippen molar-refractivity contribution < 1.29 is 28.9 Å². The van der Waals surface area contributed by atoms with Gasteiger partial charge in [0.15, 0.2) is 0 Å². The third-order valence-electron chi connectivity index (χ3n) is 6.29. The van der Waals surface area contributed by atoms with Gasteiger partial charge >= 0.3 is 0 Å². The van der Waals surface area contributed by atoms with Crippen LogP contribution in [0.1, 0.15) is 63.8 Å². The summed E-state index contributed by atoms with van der Waals surface area (Å²) in [6.45, 7) is 10.8. The minimum Gasteiger partial charge on any atom is -0.507 e. The summed E-state index contributed by atoms with van der Waals surface area (Å²) in [5.41, 5.74) is 1.76. The number of likely N-dealkylation sites (tertiary alicyclic amines) is 1. The van der Waals surface area contributed by atoms with Crippen LogP contribution in [0.4, 0.5) is 0 Å². The third kappa shape index (κ3) is 5.57. The SMILES string of the molecule is COc1ccc(C(C)(C)C)cc1/C(O)=C1\C(=O)C(=O)N(CCCOC(C)C)C1c1ccccc1OC. The van der Waals surface area contributed by atoms with Crippen LogP contribution in [0.2, 0.25) is 0 Å². The lowest BCUT2D eigenvalue weighted by molar-refractivity contribution is -0.140. The number of nitrogens with zero attached hydrogens (tertiary/aromatic N) is 1. The number of aliphatic hydroxyl groups excluding tert-OH is 1. The van der Waals surface area contributed by atoms with Gasteiger partial charge in [0.05, 0.1) is 37.5 Å². The lowest BCUT2D eigenvalue weighted by atomic mass is 9.85. The van der Waals surface area contributed by atoms with Gasteiger partial charge in [-0.05, 0) is 49.4 Å². The van der Waals surface area contributed by atoms with Crippen LogP contribution in [-0.4, -0.2) is 55.2 Å². The first-order valence-corrected chi connectivity index (χ1v) is 12.2. The summed E-state index contributed by atoms with van der Waals surface area (Å²) in [4.78, 5) is 28.2. The normalized spacial score (nSPS) is 17.7. The van der Waals surface area contributed by atoms with Gasteiger partial charge in [-0.2, -0.15) is 0 Å². The molecule has 1 heterocycles. The predicted octanol–water partition coefficient (Wildman–Crippen LogP) is 5.24. The first kappa shape index (κ1) is 27.3. The molecule has 1 aliphatic heterocycles. The number of aliphatic hydroxyl groups is 1. The largest absolute Gasteiger partial charge is 0.507 e. The van der Waals surface area contributed by atoms with Crippen molar-refractivity contribution in [3.05, 3.63) is 64.7 Å². The number of rotatable bonds is 9. The number of ketones is 1. The number of carbonyl (C=O) groups excluding carboxylic acids is 2. The van der Waals surface area contributed by atoms with Gasteiger partial charge in [0.1, 0.15) is 17.3 Å². The molecule has 1 aliphatic rings. The highest BCUT2D eigenvalue weighted by Gasteiger charge is 2.47. The standard InChI is InChI=1S/C29H37NO6/c1-18(2)36-16-10-15-30-25(20-11-8-9-12-22(20)34-6)24(27(32)28(30)33)26(31)21-17-19(29(3,4)5)13-14-23(21)35-7/h8-9,11-14,17-18,25,31H,10,15-16H2,1-7H3/b26-24+. The molecule has 0 spiro atoms. The molecule has 194 valence electrons. The fraction of sp³-hybridized carbons (Fsp3) is 0.448. The van der Waals surface area contributed by atoms with E-state index in [1.807, 2.05) is 44.2 Å². The van der Waals surface area contributed by atoms with Crippen LogP contribution in [0.15, 0.2) is 48.0 Å². The number of Topliss-reactive ketones (excluding diaryl/α,β-unsaturated/α-hetero) is 1. The average molecular weight is 496 g/mol. The number of carbonyl (C=O) groups is 2. The van der Waals surface area contributed by atoms with Crippen molar-refractivity contribution in [1.29, 1.82) is 0 Å². The molecule has 0 saturated carbocycles. The van der Waals surface area contributed by atoms with Gasteiger partial charge in [0.25, 0.3) is 11.7 Å². The molecule has 0 radical (unpaired) electrons. The molecule has 7 heteroatoms. The maximum Gasteiger partial charge on any atom is 0.295 e. The zero-order valence-corrected chi connectivity index (χ0v) is 22.3. The molecule has 1 fully saturated rings.